The average Bonchev–Trinajstić information content (AvgIpc) is 2.96. The Kier molecular flexibility index (Phi) is 4.80. The Bertz CT molecular complexity index is 1960. The Balaban J connectivity index is 1.40. The summed E-state index contributed by atoms with van der Waals surface area (Å²) in [5.74, 6) is 0.0819. The zero-order valence-corrected chi connectivity index (χ0v) is 20.2. The number of nitrogens with two attached hydrogens (primary N) is 1. The minimum Gasteiger partial charge on any atom is -0.384 e. The van der Waals surface area contributed by atoms with Crippen LogP contribution >= 0.6 is 0 Å². The van der Waals surface area contributed by atoms with Crippen LogP contribution in [0.25, 0.3) is 65.3 Å². The first-order valence-corrected chi connectivity index (χ1v) is 12.5. The second kappa shape index (κ2) is 8.32. The molecule has 0 radical (unpaired) electrons. The molecular weight excluding hydrogens is 448 g/mol. The van der Waals surface area contributed by atoms with Crippen molar-refractivity contribution in [3.63, 3.8) is 0 Å². The highest BCUT2D eigenvalue weighted by atomic mass is 14.7. The van der Waals surface area contributed by atoms with Crippen molar-refractivity contribution in [2.45, 2.75) is 0 Å². The van der Waals surface area contributed by atoms with Gasteiger partial charge in [0.25, 0.3) is 0 Å². The predicted molar refractivity (Wildman–Crippen MR) is 158 cm³/mol. The molecule has 0 aliphatic heterocycles. The number of nitrogen functional groups attached to an aromatic ring is 1. The molecule has 0 amide bonds. The number of benzene rings is 7. The number of hydrogen-bond acceptors (Lipinski definition) is 1. The SMILES string of the molecule is N=C(N)c1ccc2ccccc2c1-c1ccc(-c2ccc3c4ccccc4c4ccccc4c3c2)cc1. The van der Waals surface area contributed by atoms with Crippen molar-refractivity contribution in [1.82, 2.24) is 0 Å². The molecule has 0 saturated heterocycles. The second-order valence-corrected chi connectivity index (χ2v) is 9.55. The van der Waals surface area contributed by atoms with Crippen LogP contribution in [-0.4, -0.2) is 5.84 Å². The lowest BCUT2D eigenvalue weighted by atomic mass is 9.90. The molecule has 0 fully saturated rings. The summed E-state index contributed by atoms with van der Waals surface area (Å²) >= 11 is 0. The van der Waals surface area contributed by atoms with E-state index in [1.54, 1.807) is 0 Å². The van der Waals surface area contributed by atoms with Gasteiger partial charge in [0.05, 0.1) is 0 Å². The van der Waals surface area contributed by atoms with Gasteiger partial charge in [-0.3, -0.25) is 5.41 Å². The van der Waals surface area contributed by atoms with Gasteiger partial charge >= 0.3 is 0 Å². The van der Waals surface area contributed by atoms with Crippen molar-refractivity contribution < 1.29 is 0 Å². The minimum absolute atomic E-state index is 0.0819. The third-order valence-corrected chi connectivity index (χ3v) is 7.47. The fourth-order valence-corrected chi connectivity index (χ4v) is 5.72. The van der Waals surface area contributed by atoms with E-state index in [0.717, 1.165) is 33.0 Å². The second-order valence-electron chi connectivity index (χ2n) is 9.55. The molecule has 7 aromatic rings. The topological polar surface area (TPSA) is 49.9 Å². The number of hydrogen-bond donors (Lipinski definition) is 2. The van der Waals surface area contributed by atoms with Crippen molar-refractivity contribution in [3.8, 4) is 22.3 Å². The lowest BCUT2D eigenvalue weighted by molar-refractivity contribution is 1.43. The Morgan fingerprint density at radius 2 is 0.919 bits per heavy atom. The van der Waals surface area contributed by atoms with E-state index < -0.39 is 0 Å². The molecule has 37 heavy (non-hydrogen) atoms. The molecule has 2 heteroatoms. The van der Waals surface area contributed by atoms with Gasteiger partial charge in [0.1, 0.15) is 5.84 Å². The van der Waals surface area contributed by atoms with Gasteiger partial charge in [0, 0.05) is 11.1 Å². The monoisotopic (exact) mass is 472 g/mol. The average molecular weight is 473 g/mol. The van der Waals surface area contributed by atoms with Crippen LogP contribution in [0.15, 0.2) is 127 Å². The van der Waals surface area contributed by atoms with Gasteiger partial charge < -0.3 is 5.73 Å². The van der Waals surface area contributed by atoms with Crippen LogP contribution in [0.3, 0.4) is 0 Å². The Morgan fingerprint density at radius 3 is 1.54 bits per heavy atom. The molecule has 0 aliphatic rings. The van der Waals surface area contributed by atoms with E-state index in [1.165, 1.54) is 37.9 Å². The third-order valence-electron chi connectivity index (χ3n) is 7.47. The van der Waals surface area contributed by atoms with Crippen molar-refractivity contribution in [2.75, 3.05) is 0 Å². The van der Waals surface area contributed by atoms with E-state index in [1.807, 2.05) is 24.3 Å². The van der Waals surface area contributed by atoms with E-state index in [-0.39, 0.29) is 5.84 Å². The van der Waals surface area contributed by atoms with Crippen LogP contribution in [0.4, 0.5) is 0 Å². The lowest BCUT2D eigenvalue weighted by Gasteiger charge is -2.14. The molecule has 3 N–H and O–H groups in total. The van der Waals surface area contributed by atoms with Gasteiger partial charge in [-0.15, -0.1) is 0 Å². The van der Waals surface area contributed by atoms with Crippen LogP contribution in [0.1, 0.15) is 5.56 Å². The zero-order valence-electron chi connectivity index (χ0n) is 20.2. The van der Waals surface area contributed by atoms with Crippen LogP contribution in [-0.2, 0) is 0 Å². The predicted octanol–water partition coefficient (Wildman–Crippen LogP) is 8.92. The van der Waals surface area contributed by atoms with Gasteiger partial charge in [0.15, 0.2) is 0 Å². The summed E-state index contributed by atoms with van der Waals surface area (Å²) in [5.41, 5.74) is 11.2. The molecule has 0 aromatic heterocycles. The summed E-state index contributed by atoms with van der Waals surface area (Å²) in [5, 5.41) is 18.1. The molecule has 0 saturated carbocycles. The fourth-order valence-electron chi connectivity index (χ4n) is 5.72. The molecule has 174 valence electrons. The normalized spacial score (nSPS) is 11.5. The van der Waals surface area contributed by atoms with E-state index >= 15 is 0 Å². The van der Waals surface area contributed by atoms with Crippen LogP contribution in [0.2, 0.25) is 0 Å². The zero-order chi connectivity index (χ0) is 24.9. The molecule has 0 aliphatic carbocycles. The molecule has 0 bridgehead atoms. The first-order valence-electron chi connectivity index (χ1n) is 12.5. The maximum absolute atomic E-state index is 8.16. The molecule has 2 nitrogen and oxygen atoms in total. The number of rotatable bonds is 3. The van der Waals surface area contributed by atoms with Crippen LogP contribution in [0, 0.1) is 5.41 Å². The maximum Gasteiger partial charge on any atom is 0.123 e. The Hall–Kier alpha value is -4.95. The minimum atomic E-state index is 0.0819. The summed E-state index contributed by atoms with van der Waals surface area (Å²) in [6.07, 6.45) is 0. The molecule has 0 spiro atoms. The van der Waals surface area contributed by atoms with Gasteiger partial charge in [-0.2, -0.15) is 0 Å². The summed E-state index contributed by atoms with van der Waals surface area (Å²) in [6.45, 7) is 0. The highest BCUT2D eigenvalue weighted by Crippen LogP contribution is 2.38. The first-order chi connectivity index (χ1) is 18.2. The number of nitrogens with one attached hydrogen (secondary N) is 1. The van der Waals surface area contributed by atoms with Crippen molar-refractivity contribution in [1.29, 1.82) is 5.41 Å². The van der Waals surface area contributed by atoms with Gasteiger partial charge in [-0.05, 0) is 65.8 Å². The maximum atomic E-state index is 8.16. The van der Waals surface area contributed by atoms with E-state index in [2.05, 4.69) is 103 Å². The third kappa shape index (κ3) is 3.38. The van der Waals surface area contributed by atoms with Gasteiger partial charge in [0.2, 0.25) is 0 Å². The molecule has 0 heterocycles. The standard InChI is InChI=1S/C35H24N2/c36-35(37)32-20-17-23-7-1-2-8-26(23)34(32)24-15-13-22(14-16-24)25-18-19-31-29-11-4-3-9-27(29)28-10-5-6-12-30(28)33(31)21-25/h1-21H,(H3,36,37). The lowest BCUT2D eigenvalue weighted by Crippen LogP contribution is -2.12. The van der Waals surface area contributed by atoms with Crippen molar-refractivity contribution in [2.24, 2.45) is 5.73 Å². The van der Waals surface area contributed by atoms with Crippen molar-refractivity contribution in [3.05, 3.63) is 133 Å². The van der Waals surface area contributed by atoms with Gasteiger partial charge in [-0.1, -0.05) is 121 Å². The molecular formula is C35H24N2. The number of amidine groups is 1. The van der Waals surface area contributed by atoms with Crippen LogP contribution in [0.5, 0.6) is 0 Å². The van der Waals surface area contributed by atoms with E-state index in [4.69, 9.17) is 11.1 Å². The van der Waals surface area contributed by atoms with Gasteiger partial charge in [-0.25, -0.2) is 0 Å². The summed E-state index contributed by atoms with van der Waals surface area (Å²) in [7, 11) is 0. The summed E-state index contributed by atoms with van der Waals surface area (Å²) < 4.78 is 0. The highest BCUT2D eigenvalue weighted by Gasteiger charge is 2.13. The largest absolute Gasteiger partial charge is 0.384 e. The van der Waals surface area contributed by atoms with E-state index in [0.29, 0.717) is 0 Å². The van der Waals surface area contributed by atoms with Crippen LogP contribution < -0.4 is 5.73 Å². The molecule has 0 atom stereocenters. The Labute approximate surface area is 215 Å². The first kappa shape index (κ1) is 21.3. The molecule has 7 aromatic carbocycles. The Morgan fingerprint density at radius 1 is 0.432 bits per heavy atom. The molecule has 7 rings (SSSR count). The quantitative estimate of drug-likeness (QED) is 0.150. The van der Waals surface area contributed by atoms with Crippen molar-refractivity contribution >= 4 is 48.9 Å². The molecule has 0 unspecified atom stereocenters. The fraction of sp³-hybridized carbons (Fsp3) is 0. The van der Waals surface area contributed by atoms with E-state index in [9.17, 15) is 0 Å². The summed E-state index contributed by atoms with van der Waals surface area (Å²) in [6, 6.07) is 45.0. The number of fused-ring (bicyclic) bond motifs is 7. The summed E-state index contributed by atoms with van der Waals surface area (Å²) in [4.78, 5) is 0. The highest BCUT2D eigenvalue weighted by molar-refractivity contribution is 6.25. The smallest absolute Gasteiger partial charge is 0.123 e.